The van der Waals surface area contributed by atoms with E-state index in [2.05, 4.69) is 45.4 Å². The fourth-order valence-electron chi connectivity index (χ4n) is 0.139. The minimum Gasteiger partial charge on any atom is -0.465 e. The number of carboxylic acid groups (broad SMARTS) is 1. The first kappa shape index (κ1) is 19.6. The zero-order valence-electron chi connectivity index (χ0n) is 8.83. The van der Waals surface area contributed by atoms with E-state index in [0.29, 0.717) is 6.61 Å². The molecule has 0 aromatic heterocycles. The Kier molecular flexibility index (Phi) is 20.2. The third-order valence-corrected chi connectivity index (χ3v) is 0.762. The van der Waals surface area contributed by atoms with Crippen LogP contribution in [0.25, 0.3) is 0 Å². The number of rotatable bonds is 2. The Labute approximate surface area is 103 Å². The van der Waals surface area contributed by atoms with Crippen molar-refractivity contribution >= 4 is 34.8 Å². The maximum atomic E-state index is 9.75. The number of ether oxygens (including phenoxy) is 1. The van der Waals surface area contributed by atoms with Crippen LogP contribution in [-0.4, -0.2) is 28.3 Å². The molecule has 0 saturated heterocycles. The van der Waals surface area contributed by atoms with E-state index in [1.807, 2.05) is 13.8 Å². The summed E-state index contributed by atoms with van der Waals surface area (Å²) in [5.74, 6) is 0. The topological polar surface area (TPSA) is 116 Å². The van der Waals surface area contributed by atoms with Crippen LogP contribution in [0.5, 0.6) is 0 Å². The molecule has 0 aromatic carbocycles. The lowest BCUT2D eigenvalue weighted by Crippen LogP contribution is -2.13. The lowest BCUT2D eigenvalue weighted by atomic mass is 10.4. The Morgan fingerprint density at radius 2 is 1.67 bits per heavy atom. The summed E-state index contributed by atoms with van der Waals surface area (Å²) < 4.78 is 5.11. The molecule has 0 spiro atoms. The van der Waals surface area contributed by atoms with Crippen molar-refractivity contribution in [1.82, 2.24) is 0 Å². The minimum absolute atomic E-state index is 0.413. The maximum absolute atomic E-state index is 9.75. The molecule has 0 saturated carbocycles. The highest BCUT2D eigenvalue weighted by Gasteiger charge is 1.87. The second-order valence-corrected chi connectivity index (χ2v) is 3.48. The van der Waals surface area contributed by atoms with Crippen molar-refractivity contribution in [3.8, 4) is 0 Å². The highest BCUT2D eigenvalue weighted by Crippen LogP contribution is 1.80. The average molecular weight is 332 g/mol. The molecular formula is C8H17IN2O4. The second kappa shape index (κ2) is 15.5. The van der Waals surface area contributed by atoms with Gasteiger partial charge in [0.15, 0.2) is 0 Å². The van der Waals surface area contributed by atoms with Gasteiger partial charge in [0.05, 0.1) is 0 Å². The molecule has 0 aliphatic carbocycles. The van der Waals surface area contributed by atoms with Crippen molar-refractivity contribution in [2.75, 3.05) is 11.0 Å². The molecule has 0 bridgehead atoms. The Morgan fingerprint density at radius 1 is 1.40 bits per heavy atom. The summed E-state index contributed by atoms with van der Waals surface area (Å²) in [6, 6.07) is 0. The normalized spacial score (nSPS) is 7.13. The minimum atomic E-state index is -1.33. The highest BCUT2D eigenvalue weighted by molar-refractivity contribution is 14.1. The second-order valence-electron chi connectivity index (χ2n) is 2.40. The van der Waals surface area contributed by atoms with Crippen LogP contribution in [0.2, 0.25) is 0 Å². The molecule has 15 heavy (non-hydrogen) atoms. The number of hydrogen-bond donors (Lipinski definition) is 3. The summed E-state index contributed by atoms with van der Waals surface area (Å²) in [5, 5.41) is 7.19. The molecular weight excluding hydrogens is 315 g/mol. The smallest absolute Gasteiger partial charge is 0.404 e. The molecule has 6 nitrogen and oxygen atoms in total. The largest absolute Gasteiger partial charge is 0.465 e. The fourth-order valence-corrected chi connectivity index (χ4v) is 0.359. The number of alkyl halides is 1. The number of allylic oxidation sites excluding steroid dienone is 1. The van der Waals surface area contributed by atoms with Gasteiger partial charge in [-0.25, -0.2) is 9.59 Å². The summed E-state index contributed by atoms with van der Waals surface area (Å²) in [6.07, 6.45) is -2.03. The number of halogens is 1. The van der Waals surface area contributed by atoms with Gasteiger partial charge in [-0.3, -0.25) is 0 Å². The fraction of sp³-hybridized carbons (Fsp3) is 0.500. The molecule has 0 aromatic rings. The monoisotopic (exact) mass is 332 g/mol. The van der Waals surface area contributed by atoms with E-state index in [9.17, 15) is 4.79 Å². The third kappa shape index (κ3) is 174. The third-order valence-electron chi connectivity index (χ3n) is 0.321. The summed E-state index contributed by atoms with van der Waals surface area (Å²) >= 11 is 2.09. The predicted octanol–water partition coefficient (Wildman–Crippen LogP) is 1.72. The van der Waals surface area contributed by atoms with Crippen LogP contribution in [0.15, 0.2) is 12.2 Å². The quantitative estimate of drug-likeness (QED) is 0.406. The Bertz CT molecular complexity index is 177. The Hall–Kier alpha value is -0.990. The highest BCUT2D eigenvalue weighted by atomic mass is 127. The van der Waals surface area contributed by atoms with Gasteiger partial charge < -0.3 is 21.3 Å². The van der Waals surface area contributed by atoms with Crippen molar-refractivity contribution < 1.29 is 19.4 Å². The molecule has 0 heterocycles. The summed E-state index contributed by atoms with van der Waals surface area (Å²) in [5.41, 5.74) is 9.81. The summed E-state index contributed by atoms with van der Waals surface area (Å²) in [4.78, 5) is 18.5. The first-order chi connectivity index (χ1) is 6.73. The van der Waals surface area contributed by atoms with Gasteiger partial charge in [0.2, 0.25) is 0 Å². The Balaban J connectivity index is -0.000000155. The van der Waals surface area contributed by atoms with Crippen LogP contribution in [0, 0.1) is 0 Å². The molecule has 5 N–H and O–H groups in total. The van der Waals surface area contributed by atoms with Gasteiger partial charge in [-0.05, 0) is 13.8 Å². The lowest BCUT2D eigenvalue weighted by Gasteiger charge is -1.92. The molecule has 0 aliphatic heterocycles. The predicted molar refractivity (Wildman–Crippen MR) is 67.1 cm³/mol. The molecule has 0 unspecified atom stereocenters. The van der Waals surface area contributed by atoms with Crippen LogP contribution >= 0.6 is 22.6 Å². The number of carbonyl (C=O) groups excluding carboxylic acids is 1. The number of amides is 2. The van der Waals surface area contributed by atoms with Crippen molar-refractivity contribution in [2.24, 2.45) is 11.5 Å². The van der Waals surface area contributed by atoms with E-state index in [0.717, 1.165) is 4.43 Å². The van der Waals surface area contributed by atoms with Crippen LogP contribution < -0.4 is 11.5 Å². The van der Waals surface area contributed by atoms with Crippen LogP contribution in [0.3, 0.4) is 0 Å². The first-order valence-corrected chi connectivity index (χ1v) is 5.35. The van der Waals surface area contributed by atoms with Crippen molar-refractivity contribution in [3.05, 3.63) is 12.2 Å². The zero-order valence-corrected chi connectivity index (χ0v) is 11.0. The van der Waals surface area contributed by atoms with Gasteiger partial charge in [-0.2, -0.15) is 0 Å². The molecule has 2 amide bonds. The molecule has 0 fully saturated rings. The number of carbonyl (C=O) groups is 2. The molecule has 0 aliphatic rings. The standard InChI is InChI=1S/C4H8.C3H6INO2.CH3NO2/c1-4(2)3;4-1-2-7-3(5)6;2-1(3)4/h1H2,2-3H3;1-2H2,(H2,5,6);2H2,(H,3,4). The van der Waals surface area contributed by atoms with Crippen LogP contribution in [0.1, 0.15) is 13.8 Å². The van der Waals surface area contributed by atoms with E-state index in [4.69, 9.17) is 9.90 Å². The van der Waals surface area contributed by atoms with Gasteiger partial charge >= 0.3 is 12.2 Å². The van der Waals surface area contributed by atoms with E-state index in [-0.39, 0.29) is 0 Å². The number of nitrogens with two attached hydrogens (primary N) is 2. The van der Waals surface area contributed by atoms with Gasteiger partial charge in [0.25, 0.3) is 0 Å². The Morgan fingerprint density at radius 3 is 1.73 bits per heavy atom. The van der Waals surface area contributed by atoms with E-state index in [1.165, 1.54) is 5.57 Å². The van der Waals surface area contributed by atoms with Gasteiger partial charge in [0.1, 0.15) is 6.61 Å². The van der Waals surface area contributed by atoms with Crippen molar-refractivity contribution in [3.63, 3.8) is 0 Å². The average Bonchev–Trinajstić information content (AvgIpc) is 1.98. The summed E-state index contributed by atoms with van der Waals surface area (Å²) in [7, 11) is 0. The van der Waals surface area contributed by atoms with Crippen molar-refractivity contribution in [1.29, 1.82) is 0 Å². The van der Waals surface area contributed by atoms with Gasteiger partial charge in [-0.1, -0.05) is 28.2 Å². The van der Waals surface area contributed by atoms with Crippen molar-refractivity contribution in [2.45, 2.75) is 13.8 Å². The van der Waals surface area contributed by atoms with E-state index in [1.54, 1.807) is 0 Å². The molecule has 7 heteroatoms. The van der Waals surface area contributed by atoms with E-state index < -0.39 is 12.2 Å². The first-order valence-electron chi connectivity index (χ1n) is 3.82. The molecule has 0 rings (SSSR count). The molecule has 0 radical (unpaired) electrons. The SMILES string of the molecule is C=C(C)C.NC(=O)O.NC(=O)OCCI. The lowest BCUT2D eigenvalue weighted by molar-refractivity contribution is 0.165. The summed E-state index contributed by atoms with van der Waals surface area (Å²) in [6.45, 7) is 7.91. The van der Waals surface area contributed by atoms with Gasteiger partial charge in [-0.15, -0.1) is 6.58 Å². The van der Waals surface area contributed by atoms with Gasteiger partial charge in [0, 0.05) is 4.43 Å². The molecule has 0 atom stereocenters. The maximum Gasteiger partial charge on any atom is 0.404 e. The zero-order chi connectivity index (χ0) is 12.9. The molecule has 90 valence electrons. The van der Waals surface area contributed by atoms with E-state index >= 15 is 0 Å². The number of hydrogen-bond acceptors (Lipinski definition) is 3. The van der Waals surface area contributed by atoms with Crippen LogP contribution in [-0.2, 0) is 4.74 Å². The number of primary amides is 2. The van der Waals surface area contributed by atoms with Crippen LogP contribution in [0.4, 0.5) is 9.59 Å².